The molecule has 0 aliphatic carbocycles. The number of aliphatic hydroxyl groups is 1. The minimum Gasteiger partial charge on any atom is -0.391 e. The van der Waals surface area contributed by atoms with E-state index >= 15 is 0 Å². The molecule has 1 heterocycles. The third-order valence-electron chi connectivity index (χ3n) is 2.20. The summed E-state index contributed by atoms with van der Waals surface area (Å²) in [4.78, 5) is 13.4. The highest BCUT2D eigenvalue weighted by Crippen LogP contribution is 2.21. The van der Waals surface area contributed by atoms with Crippen LogP contribution in [0, 0.1) is 5.41 Å². The summed E-state index contributed by atoms with van der Waals surface area (Å²) in [5.74, 6) is 0.170. The first-order chi connectivity index (χ1) is 9.30. The zero-order chi connectivity index (χ0) is 16.8. The van der Waals surface area contributed by atoms with Crippen molar-refractivity contribution >= 4 is 5.91 Å². The first-order valence-electron chi connectivity index (χ1n) is 7.83. The second kappa shape index (κ2) is 14.6. The van der Waals surface area contributed by atoms with Crippen molar-refractivity contribution in [2.45, 2.75) is 74.3 Å². The van der Waals surface area contributed by atoms with Gasteiger partial charge in [-0.1, -0.05) is 54.5 Å². The molecule has 1 N–H and O–H groups in total. The molecule has 0 aromatic rings. The topological polar surface area (TPSA) is 40.5 Å². The molecule has 1 rings (SSSR count). The molecule has 3 heteroatoms. The highest BCUT2D eigenvalue weighted by atomic mass is 16.3. The van der Waals surface area contributed by atoms with E-state index in [9.17, 15) is 9.90 Å². The average molecular weight is 287 g/mol. The lowest BCUT2D eigenvalue weighted by Crippen LogP contribution is -2.32. The third-order valence-corrected chi connectivity index (χ3v) is 2.20. The van der Waals surface area contributed by atoms with Crippen molar-refractivity contribution in [3.8, 4) is 0 Å². The van der Waals surface area contributed by atoms with Gasteiger partial charge in [0.05, 0.1) is 6.10 Å². The van der Waals surface area contributed by atoms with E-state index in [0.29, 0.717) is 13.0 Å². The number of likely N-dealkylation sites (tertiary alicyclic amines) is 1. The number of hydrogen-bond donors (Lipinski definition) is 1. The summed E-state index contributed by atoms with van der Waals surface area (Å²) in [6, 6.07) is 0. The van der Waals surface area contributed by atoms with Crippen LogP contribution in [-0.2, 0) is 4.79 Å². The molecule has 0 aromatic carbocycles. The molecular formula is C17H37NO2. The highest BCUT2D eigenvalue weighted by molar-refractivity contribution is 5.77. The van der Waals surface area contributed by atoms with Crippen molar-refractivity contribution < 1.29 is 9.90 Å². The molecule has 0 spiro atoms. The van der Waals surface area contributed by atoms with Crippen molar-refractivity contribution in [2.75, 3.05) is 13.1 Å². The Morgan fingerprint density at radius 1 is 1.30 bits per heavy atom. The van der Waals surface area contributed by atoms with E-state index in [1.807, 2.05) is 34.6 Å². The van der Waals surface area contributed by atoms with Gasteiger partial charge in [-0.2, -0.15) is 0 Å². The van der Waals surface area contributed by atoms with Crippen LogP contribution in [0.5, 0.6) is 0 Å². The Bertz CT molecular complexity index is 232. The molecule has 1 atom stereocenters. The van der Waals surface area contributed by atoms with Crippen LogP contribution in [0.1, 0.15) is 68.2 Å². The molecule has 3 nitrogen and oxygen atoms in total. The van der Waals surface area contributed by atoms with Gasteiger partial charge in [0.2, 0.25) is 5.91 Å². The summed E-state index contributed by atoms with van der Waals surface area (Å²) in [5.41, 5.74) is 0.0463. The molecule has 0 aromatic heterocycles. The fourth-order valence-corrected chi connectivity index (χ4v) is 1.53. The number of rotatable bonds is 1. The Labute approximate surface area is 127 Å². The number of nitrogens with zero attached hydrogens (tertiary/aromatic N) is 1. The number of amides is 1. The predicted molar refractivity (Wildman–Crippen MR) is 89.8 cm³/mol. The maximum atomic E-state index is 11.6. The molecule has 0 bridgehead atoms. The molecule has 122 valence electrons. The number of carbonyl (C=O) groups is 1. The monoisotopic (exact) mass is 287 g/mol. The fraction of sp³-hybridized carbons (Fsp3) is 0.824. The summed E-state index contributed by atoms with van der Waals surface area (Å²) >= 11 is 0. The summed E-state index contributed by atoms with van der Waals surface area (Å²) < 4.78 is 0. The SMILES string of the molecule is C=CC.CC.CC.CC(C)(C)CC(=O)N1CCC(O)C1. The van der Waals surface area contributed by atoms with Crippen LogP contribution in [0.4, 0.5) is 0 Å². The number of carbonyl (C=O) groups excluding carboxylic acids is 1. The van der Waals surface area contributed by atoms with Crippen molar-refractivity contribution in [3.05, 3.63) is 12.7 Å². The maximum absolute atomic E-state index is 11.6. The molecule has 1 amide bonds. The summed E-state index contributed by atoms with van der Waals surface area (Å²) in [6.45, 7) is 20.6. The van der Waals surface area contributed by atoms with Crippen molar-refractivity contribution in [2.24, 2.45) is 5.41 Å². The van der Waals surface area contributed by atoms with Crippen LogP contribution in [0.2, 0.25) is 0 Å². The predicted octanol–water partition coefficient (Wildman–Crippen LogP) is 4.26. The number of allylic oxidation sites excluding steroid dienone is 1. The average Bonchev–Trinajstić information content (AvgIpc) is 2.80. The van der Waals surface area contributed by atoms with Gasteiger partial charge in [0.1, 0.15) is 0 Å². The molecule has 0 radical (unpaired) electrons. The second-order valence-electron chi connectivity index (χ2n) is 5.43. The molecule has 1 saturated heterocycles. The quantitative estimate of drug-likeness (QED) is 0.732. The molecule has 1 unspecified atom stereocenters. The largest absolute Gasteiger partial charge is 0.391 e. The Kier molecular flexibility index (Phi) is 17.6. The smallest absolute Gasteiger partial charge is 0.223 e. The van der Waals surface area contributed by atoms with E-state index in [1.165, 1.54) is 0 Å². The van der Waals surface area contributed by atoms with Crippen molar-refractivity contribution in [1.82, 2.24) is 4.90 Å². The zero-order valence-corrected chi connectivity index (χ0v) is 15.0. The van der Waals surface area contributed by atoms with E-state index in [-0.39, 0.29) is 17.4 Å². The Morgan fingerprint density at radius 2 is 1.70 bits per heavy atom. The molecule has 0 saturated carbocycles. The van der Waals surface area contributed by atoms with Gasteiger partial charge in [-0.15, -0.1) is 6.58 Å². The minimum atomic E-state index is -0.302. The molecule has 1 aliphatic rings. The summed E-state index contributed by atoms with van der Waals surface area (Å²) in [7, 11) is 0. The van der Waals surface area contributed by atoms with Crippen LogP contribution in [0.25, 0.3) is 0 Å². The van der Waals surface area contributed by atoms with E-state index in [2.05, 4.69) is 27.4 Å². The fourth-order valence-electron chi connectivity index (χ4n) is 1.53. The van der Waals surface area contributed by atoms with Crippen molar-refractivity contribution in [3.63, 3.8) is 0 Å². The van der Waals surface area contributed by atoms with Gasteiger partial charge in [-0.05, 0) is 18.8 Å². The van der Waals surface area contributed by atoms with E-state index < -0.39 is 0 Å². The van der Waals surface area contributed by atoms with Gasteiger partial charge in [0.15, 0.2) is 0 Å². The first-order valence-corrected chi connectivity index (χ1v) is 7.83. The van der Waals surface area contributed by atoms with Gasteiger partial charge in [-0.25, -0.2) is 0 Å². The third kappa shape index (κ3) is 15.2. The number of hydrogen-bond acceptors (Lipinski definition) is 2. The van der Waals surface area contributed by atoms with Crippen LogP contribution >= 0.6 is 0 Å². The Morgan fingerprint density at radius 3 is 1.95 bits per heavy atom. The van der Waals surface area contributed by atoms with E-state index in [0.717, 1.165) is 13.0 Å². The first kappa shape index (κ1) is 24.2. The standard InChI is InChI=1S/C10H19NO2.C3H6.2C2H6/c1-10(2,3)6-9(13)11-5-4-8(12)7-11;1-3-2;2*1-2/h8,12H,4-7H2,1-3H3;3H,1H2,2H3;2*1-2H3. The lowest BCUT2D eigenvalue weighted by atomic mass is 9.92. The van der Waals surface area contributed by atoms with Crippen molar-refractivity contribution in [1.29, 1.82) is 0 Å². The van der Waals surface area contributed by atoms with Crippen LogP contribution in [-0.4, -0.2) is 35.1 Å². The summed E-state index contributed by atoms with van der Waals surface area (Å²) in [6.07, 6.45) is 2.75. The van der Waals surface area contributed by atoms with Gasteiger partial charge in [0, 0.05) is 19.5 Å². The molecular weight excluding hydrogens is 250 g/mol. The maximum Gasteiger partial charge on any atom is 0.223 e. The normalized spacial score (nSPS) is 16.6. The second-order valence-corrected chi connectivity index (χ2v) is 5.43. The van der Waals surface area contributed by atoms with Crippen LogP contribution in [0.15, 0.2) is 12.7 Å². The lowest BCUT2D eigenvalue weighted by Gasteiger charge is -2.22. The minimum absolute atomic E-state index is 0.0463. The number of β-amino-alcohol motifs (C(OH)–C–C–N with tert-alkyl or cyclic N) is 1. The van der Waals surface area contributed by atoms with Gasteiger partial charge in [0.25, 0.3) is 0 Å². The van der Waals surface area contributed by atoms with Gasteiger partial charge < -0.3 is 10.0 Å². The molecule has 1 aliphatic heterocycles. The Balaban J connectivity index is -0.000000355. The lowest BCUT2D eigenvalue weighted by molar-refractivity contribution is -0.132. The van der Waals surface area contributed by atoms with Gasteiger partial charge in [-0.3, -0.25) is 4.79 Å². The number of aliphatic hydroxyl groups excluding tert-OH is 1. The summed E-state index contributed by atoms with van der Waals surface area (Å²) in [5, 5.41) is 9.25. The zero-order valence-electron chi connectivity index (χ0n) is 15.0. The molecule has 1 fully saturated rings. The van der Waals surface area contributed by atoms with Crippen LogP contribution in [0.3, 0.4) is 0 Å². The van der Waals surface area contributed by atoms with E-state index in [4.69, 9.17) is 0 Å². The van der Waals surface area contributed by atoms with Crippen LogP contribution < -0.4 is 0 Å². The highest BCUT2D eigenvalue weighted by Gasteiger charge is 2.27. The molecule has 20 heavy (non-hydrogen) atoms. The van der Waals surface area contributed by atoms with Gasteiger partial charge >= 0.3 is 0 Å². The Hall–Kier alpha value is -0.830. The van der Waals surface area contributed by atoms with E-state index in [1.54, 1.807) is 11.0 Å².